The van der Waals surface area contributed by atoms with Crippen LogP contribution in [0.4, 0.5) is 22.0 Å². The Balaban J connectivity index is 2.45. The fourth-order valence-electron chi connectivity index (χ4n) is 3.17. The minimum Gasteiger partial charge on any atom is -0.507 e. The smallest absolute Gasteiger partial charge is 0.407 e. The third kappa shape index (κ3) is 6.90. The van der Waals surface area contributed by atoms with E-state index in [2.05, 4.69) is 21.2 Å². The Morgan fingerprint density at radius 2 is 1.78 bits per heavy atom. The number of nitrogens with one attached hydrogen (secondary N) is 1. The molecular weight excluding hydrogens is 501 g/mol. The topological polar surface area (TPSA) is 58.6 Å². The maximum atomic E-state index is 14.8. The average Bonchev–Trinajstić information content (AvgIpc) is 2.65. The molecule has 0 aromatic heterocycles. The van der Waals surface area contributed by atoms with Crippen molar-refractivity contribution in [1.29, 1.82) is 0 Å². The van der Waals surface area contributed by atoms with Gasteiger partial charge in [-0.05, 0) is 50.6 Å². The number of aromatic hydroxyl groups is 1. The number of rotatable bonds is 8. The van der Waals surface area contributed by atoms with Gasteiger partial charge >= 0.3 is 12.1 Å². The van der Waals surface area contributed by atoms with Crippen LogP contribution in [0.5, 0.6) is 5.75 Å². The van der Waals surface area contributed by atoms with Crippen molar-refractivity contribution < 1.29 is 36.6 Å². The summed E-state index contributed by atoms with van der Waals surface area (Å²) < 4.78 is 75.8. The van der Waals surface area contributed by atoms with Crippen molar-refractivity contribution in [2.75, 3.05) is 6.61 Å². The van der Waals surface area contributed by atoms with Gasteiger partial charge in [-0.1, -0.05) is 28.1 Å². The van der Waals surface area contributed by atoms with Crippen LogP contribution >= 0.6 is 15.9 Å². The van der Waals surface area contributed by atoms with Crippen molar-refractivity contribution in [3.63, 3.8) is 0 Å². The van der Waals surface area contributed by atoms with Crippen LogP contribution in [0.25, 0.3) is 11.1 Å². The first-order valence-corrected chi connectivity index (χ1v) is 10.5. The van der Waals surface area contributed by atoms with Gasteiger partial charge in [-0.2, -0.15) is 13.2 Å². The molecule has 2 aromatic rings. The van der Waals surface area contributed by atoms with E-state index in [-0.39, 0.29) is 23.5 Å². The first-order valence-electron chi connectivity index (χ1n) is 9.69. The highest BCUT2D eigenvalue weighted by atomic mass is 79.9. The highest BCUT2D eigenvalue weighted by Crippen LogP contribution is 2.38. The summed E-state index contributed by atoms with van der Waals surface area (Å²) in [6.45, 7) is 3.63. The standard InChI is InChI=1S/C22H23BrF5NO3/c1-4-32-20(31)17(11-21(2,3)25)29-19(22(26,27)28)12-5-7-14(16(24)9-12)15-10-13(23)6-8-18(15)30/h5-10,17,19,29-30H,4,11H2,1-3H3. The first kappa shape index (κ1) is 26.1. The molecule has 0 aliphatic carbocycles. The van der Waals surface area contributed by atoms with Gasteiger partial charge in [0.2, 0.25) is 0 Å². The zero-order valence-corrected chi connectivity index (χ0v) is 19.2. The summed E-state index contributed by atoms with van der Waals surface area (Å²) >= 11 is 3.19. The van der Waals surface area contributed by atoms with Gasteiger partial charge in [-0.25, -0.2) is 8.78 Å². The van der Waals surface area contributed by atoms with E-state index >= 15 is 0 Å². The van der Waals surface area contributed by atoms with Gasteiger partial charge in [0, 0.05) is 22.0 Å². The quantitative estimate of drug-likeness (QED) is 0.318. The molecule has 2 unspecified atom stereocenters. The number of ether oxygens (including phenoxy) is 1. The first-order chi connectivity index (χ1) is 14.7. The molecule has 0 spiro atoms. The van der Waals surface area contributed by atoms with Crippen molar-refractivity contribution in [2.24, 2.45) is 0 Å². The number of alkyl halides is 4. The van der Waals surface area contributed by atoms with Crippen LogP contribution in [0.15, 0.2) is 40.9 Å². The summed E-state index contributed by atoms with van der Waals surface area (Å²) in [5, 5.41) is 12.1. The lowest BCUT2D eigenvalue weighted by Gasteiger charge is -2.29. The SMILES string of the molecule is CCOC(=O)C(CC(C)(C)F)NC(c1ccc(-c2cc(Br)ccc2O)c(F)c1)C(F)(F)F. The minimum absolute atomic E-state index is 0.0866. The lowest BCUT2D eigenvalue weighted by molar-refractivity contribution is -0.165. The summed E-state index contributed by atoms with van der Waals surface area (Å²) in [6, 6.07) is 3.00. The van der Waals surface area contributed by atoms with Gasteiger partial charge in [0.15, 0.2) is 0 Å². The number of phenols is 1. The highest BCUT2D eigenvalue weighted by Gasteiger charge is 2.44. The number of carbonyl (C=O) groups is 1. The van der Waals surface area contributed by atoms with Crippen molar-refractivity contribution in [2.45, 2.75) is 51.1 Å². The lowest BCUT2D eigenvalue weighted by atomic mass is 9.96. The molecule has 0 saturated heterocycles. The number of hydrogen-bond acceptors (Lipinski definition) is 4. The second-order valence-electron chi connectivity index (χ2n) is 7.77. The molecule has 0 heterocycles. The molecule has 176 valence electrons. The molecule has 0 amide bonds. The van der Waals surface area contributed by atoms with Crippen LogP contribution < -0.4 is 5.32 Å². The van der Waals surface area contributed by atoms with E-state index in [4.69, 9.17) is 4.74 Å². The lowest BCUT2D eigenvalue weighted by Crippen LogP contribution is -2.47. The number of benzene rings is 2. The molecule has 4 nitrogen and oxygen atoms in total. The van der Waals surface area contributed by atoms with Crippen LogP contribution in [-0.2, 0) is 9.53 Å². The van der Waals surface area contributed by atoms with E-state index in [1.165, 1.54) is 25.1 Å². The fraction of sp³-hybridized carbons (Fsp3) is 0.409. The summed E-state index contributed by atoms with van der Waals surface area (Å²) in [7, 11) is 0. The molecule has 0 radical (unpaired) electrons. The van der Waals surface area contributed by atoms with Crippen LogP contribution in [0.1, 0.15) is 38.8 Å². The summed E-state index contributed by atoms with van der Waals surface area (Å²) in [4.78, 5) is 12.2. The molecule has 32 heavy (non-hydrogen) atoms. The molecule has 0 bridgehead atoms. The number of esters is 1. The van der Waals surface area contributed by atoms with Crippen molar-refractivity contribution in [3.8, 4) is 16.9 Å². The van der Waals surface area contributed by atoms with E-state index in [0.29, 0.717) is 10.5 Å². The molecular formula is C22H23BrF5NO3. The van der Waals surface area contributed by atoms with Crippen LogP contribution in [0.3, 0.4) is 0 Å². The molecule has 0 aliphatic heterocycles. The predicted octanol–water partition coefficient (Wildman–Crippen LogP) is 6.22. The van der Waals surface area contributed by atoms with Gasteiger partial charge in [-0.3, -0.25) is 10.1 Å². The molecule has 10 heteroatoms. The predicted molar refractivity (Wildman–Crippen MR) is 113 cm³/mol. The molecule has 2 aromatic carbocycles. The second-order valence-corrected chi connectivity index (χ2v) is 8.69. The fourth-order valence-corrected chi connectivity index (χ4v) is 3.53. The molecule has 2 atom stereocenters. The van der Waals surface area contributed by atoms with Crippen molar-refractivity contribution >= 4 is 21.9 Å². The van der Waals surface area contributed by atoms with Gasteiger partial charge in [-0.15, -0.1) is 0 Å². The zero-order valence-electron chi connectivity index (χ0n) is 17.6. The van der Waals surface area contributed by atoms with E-state index < -0.39 is 47.7 Å². The Labute approximate surface area is 190 Å². The van der Waals surface area contributed by atoms with E-state index in [9.17, 15) is 31.9 Å². The number of hydrogen-bond donors (Lipinski definition) is 2. The van der Waals surface area contributed by atoms with Crippen LogP contribution in [0.2, 0.25) is 0 Å². The van der Waals surface area contributed by atoms with Gasteiger partial charge < -0.3 is 9.84 Å². The highest BCUT2D eigenvalue weighted by molar-refractivity contribution is 9.10. The Kier molecular flexibility index (Phi) is 8.27. The summed E-state index contributed by atoms with van der Waals surface area (Å²) in [5.74, 6) is -2.30. The van der Waals surface area contributed by atoms with Gasteiger partial charge in [0.05, 0.1) is 6.61 Å². The Morgan fingerprint density at radius 3 is 2.31 bits per heavy atom. The monoisotopic (exact) mass is 523 g/mol. The van der Waals surface area contributed by atoms with Crippen LogP contribution in [0, 0.1) is 5.82 Å². The minimum atomic E-state index is -4.92. The molecule has 0 saturated carbocycles. The van der Waals surface area contributed by atoms with Crippen molar-refractivity contribution in [3.05, 3.63) is 52.3 Å². The second kappa shape index (κ2) is 10.2. The number of carbonyl (C=O) groups excluding carboxylic acids is 1. The summed E-state index contributed by atoms with van der Waals surface area (Å²) in [6.07, 6.45) is -5.50. The van der Waals surface area contributed by atoms with E-state index in [0.717, 1.165) is 26.0 Å². The third-order valence-electron chi connectivity index (χ3n) is 4.53. The summed E-state index contributed by atoms with van der Waals surface area (Å²) in [5.41, 5.74) is -2.50. The third-order valence-corrected chi connectivity index (χ3v) is 5.02. The molecule has 2 rings (SSSR count). The van der Waals surface area contributed by atoms with E-state index in [1.54, 1.807) is 0 Å². The maximum absolute atomic E-state index is 14.8. The molecule has 0 aliphatic rings. The Bertz CT molecular complexity index is 960. The van der Waals surface area contributed by atoms with Gasteiger partial charge in [0.1, 0.15) is 29.3 Å². The normalized spacial score (nSPS) is 14.2. The molecule has 2 N–H and O–H groups in total. The van der Waals surface area contributed by atoms with Gasteiger partial charge in [0.25, 0.3) is 0 Å². The average molecular weight is 524 g/mol. The largest absolute Gasteiger partial charge is 0.507 e. The zero-order chi connectivity index (χ0) is 24.3. The Hall–Kier alpha value is -2.20. The van der Waals surface area contributed by atoms with E-state index in [1.807, 2.05) is 0 Å². The van der Waals surface area contributed by atoms with Crippen molar-refractivity contribution in [1.82, 2.24) is 5.32 Å². The maximum Gasteiger partial charge on any atom is 0.407 e. The molecule has 0 fully saturated rings. The number of halogens is 6. The van der Waals surface area contributed by atoms with Crippen LogP contribution in [-0.4, -0.2) is 35.6 Å². The number of phenolic OH excluding ortho intramolecular Hbond substituents is 1. The Morgan fingerprint density at radius 1 is 1.12 bits per heavy atom.